The highest BCUT2D eigenvalue weighted by Gasteiger charge is 2.04. The van der Waals surface area contributed by atoms with Gasteiger partial charge in [-0.25, -0.2) is 0 Å². The minimum atomic E-state index is -0.453. The Morgan fingerprint density at radius 1 is 0.677 bits per heavy atom. The van der Waals surface area contributed by atoms with Crippen molar-refractivity contribution in [1.82, 2.24) is 0 Å². The molecule has 0 saturated heterocycles. The molecule has 0 aliphatic heterocycles. The van der Waals surface area contributed by atoms with E-state index in [9.17, 15) is 10.1 Å². The van der Waals surface area contributed by atoms with Crippen LogP contribution in [0.2, 0.25) is 0 Å². The summed E-state index contributed by atoms with van der Waals surface area (Å²) in [6, 6.07) is 5.90. The van der Waals surface area contributed by atoms with Gasteiger partial charge < -0.3 is 33.2 Å². The van der Waals surface area contributed by atoms with Gasteiger partial charge in [-0.2, -0.15) is 0 Å². The standard InChI is InChI=1S/C21H31NO9/c1-2-7-25-8-9-26-10-11-27-12-13-28-14-15-29-16-17-30-18-19-31-21-5-3-20(4-6-21)22(23)24/h1,3-6H,7-19H2. The molecule has 0 unspecified atom stereocenters. The molecular weight excluding hydrogens is 410 g/mol. The molecule has 0 fully saturated rings. The summed E-state index contributed by atoms with van der Waals surface area (Å²) < 4.78 is 37.3. The first-order valence-electron chi connectivity index (χ1n) is 10.0. The minimum absolute atomic E-state index is 0.0290. The van der Waals surface area contributed by atoms with E-state index in [-0.39, 0.29) is 5.69 Å². The molecule has 0 bridgehead atoms. The number of terminal acetylenes is 1. The molecule has 0 spiro atoms. The van der Waals surface area contributed by atoms with Gasteiger partial charge in [0.25, 0.3) is 5.69 Å². The highest BCUT2D eigenvalue weighted by atomic mass is 16.6. The molecule has 1 rings (SSSR count). The summed E-state index contributed by atoms with van der Waals surface area (Å²) in [5, 5.41) is 10.6. The van der Waals surface area contributed by atoms with E-state index < -0.39 is 4.92 Å². The molecule has 0 radical (unpaired) electrons. The van der Waals surface area contributed by atoms with Gasteiger partial charge in [-0.1, -0.05) is 5.92 Å². The molecule has 1 aromatic rings. The first kappa shape index (κ1) is 26.8. The number of benzene rings is 1. The monoisotopic (exact) mass is 441 g/mol. The van der Waals surface area contributed by atoms with E-state index in [0.717, 1.165) is 0 Å². The first-order valence-corrected chi connectivity index (χ1v) is 10.0. The maximum atomic E-state index is 10.6. The molecule has 0 atom stereocenters. The maximum absolute atomic E-state index is 10.6. The summed E-state index contributed by atoms with van der Waals surface area (Å²) in [6.07, 6.45) is 5.05. The van der Waals surface area contributed by atoms with Gasteiger partial charge in [0.2, 0.25) is 0 Å². The van der Waals surface area contributed by atoms with Crippen LogP contribution in [0.1, 0.15) is 0 Å². The van der Waals surface area contributed by atoms with Crippen molar-refractivity contribution < 1.29 is 38.1 Å². The average molecular weight is 441 g/mol. The smallest absolute Gasteiger partial charge is 0.269 e. The first-order chi connectivity index (χ1) is 15.2. The number of hydrogen-bond acceptors (Lipinski definition) is 9. The quantitative estimate of drug-likeness (QED) is 0.122. The molecule has 0 aliphatic carbocycles. The Morgan fingerprint density at radius 2 is 1.06 bits per heavy atom. The summed E-state index contributed by atoms with van der Waals surface area (Å²) in [6.45, 7) is 5.88. The lowest BCUT2D eigenvalue weighted by Gasteiger charge is -2.08. The summed E-state index contributed by atoms with van der Waals surface area (Å²) in [4.78, 5) is 10.1. The second-order valence-corrected chi connectivity index (χ2v) is 5.92. The van der Waals surface area contributed by atoms with Gasteiger partial charge in [-0.15, -0.1) is 6.42 Å². The van der Waals surface area contributed by atoms with Crippen molar-refractivity contribution in [1.29, 1.82) is 0 Å². The van der Waals surface area contributed by atoms with Crippen LogP contribution in [-0.4, -0.2) is 90.8 Å². The van der Waals surface area contributed by atoms with E-state index in [4.69, 9.17) is 39.6 Å². The predicted molar refractivity (Wildman–Crippen MR) is 112 cm³/mol. The third-order valence-electron chi connectivity index (χ3n) is 3.59. The third-order valence-corrected chi connectivity index (χ3v) is 3.59. The van der Waals surface area contributed by atoms with Crippen molar-refractivity contribution in [3.8, 4) is 18.1 Å². The molecule has 10 nitrogen and oxygen atoms in total. The van der Waals surface area contributed by atoms with E-state index in [2.05, 4.69) is 5.92 Å². The molecule has 1 aromatic carbocycles. The fourth-order valence-electron chi connectivity index (χ4n) is 2.11. The third kappa shape index (κ3) is 16.1. The second kappa shape index (κ2) is 19.7. The van der Waals surface area contributed by atoms with Crippen LogP contribution >= 0.6 is 0 Å². The lowest BCUT2D eigenvalue weighted by molar-refractivity contribution is -0.384. The zero-order valence-corrected chi connectivity index (χ0v) is 17.7. The van der Waals surface area contributed by atoms with Crippen molar-refractivity contribution in [3.63, 3.8) is 0 Å². The number of non-ortho nitro benzene ring substituents is 1. The van der Waals surface area contributed by atoms with Gasteiger partial charge in [0.15, 0.2) is 0 Å². The molecule has 31 heavy (non-hydrogen) atoms. The molecule has 0 amide bonds. The van der Waals surface area contributed by atoms with E-state index in [1.807, 2.05) is 0 Å². The Bertz CT molecular complexity index is 604. The van der Waals surface area contributed by atoms with Crippen molar-refractivity contribution >= 4 is 5.69 Å². The number of rotatable bonds is 21. The summed E-state index contributed by atoms with van der Waals surface area (Å²) >= 11 is 0. The van der Waals surface area contributed by atoms with E-state index in [1.54, 1.807) is 12.1 Å². The molecule has 0 aromatic heterocycles. The van der Waals surface area contributed by atoms with E-state index in [1.165, 1.54) is 12.1 Å². The zero-order chi connectivity index (χ0) is 22.4. The number of ether oxygens (including phenoxy) is 7. The van der Waals surface area contributed by atoms with Crippen LogP contribution in [0.3, 0.4) is 0 Å². The van der Waals surface area contributed by atoms with Crippen LogP contribution in [-0.2, 0) is 28.4 Å². The highest BCUT2D eigenvalue weighted by Crippen LogP contribution is 2.16. The van der Waals surface area contributed by atoms with Gasteiger partial charge in [-0.05, 0) is 12.1 Å². The van der Waals surface area contributed by atoms with Crippen LogP contribution < -0.4 is 4.74 Å². The van der Waals surface area contributed by atoms with Gasteiger partial charge in [-0.3, -0.25) is 10.1 Å². The van der Waals surface area contributed by atoms with Crippen LogP contribution in [0.5, 0.6) is 5.75 Å². The van der Waals surface area contributed by atoms with Gasteiger partial charge >= 0.3 is 0 Å². The van der Waals surface area contributed by atoms with Gasteiger partial charge in [0.05, 0.1) is 77.6 Å². The summed E-state index contributed by atoms with van der Waals surface area (Å²) in [5.74, 6) is 2.94. The normalized spacial score (nSPS) is 10.7. The van der Waals surface area contributed by atoms with Crippen molar-refractivity contribution in [3.05, 3.63) is 34.4 Å². The maximum Gasteiger partial charge on any atom is 0.269 e. The Morgan fingerprint density at radius 3 is 1.45 bits per heavy atom. The number of nitro groups is 1. The van der Waals surface area contributed by atoms with Gasteiger partial charge in [0.1, 0.15) is 19.0 Å². The average Bonchev–Trinajstić information content (AvgIpc) is 2.78. The van der Waals surface area contributed by atoms with E-state index >= 15 is 0 Å². The van der Waals surface area contributed by atoms with Crippen LogP contribution in [0.25, 0.3) is 0 Å². The van der Waals surface area contributed by atoms with Crippen molar-refractivity contribution in [2.24, 2.45) is 0 Å². The molecule has 0 heterocycles. The Hall–Kier alpha value is -2.26. The Labute approximate surface area is 182 Å². The van der Waals surface area contributed by atoms with Gasteiger partial charge in [0, 0.05) is 12.1 Å². The van der Waals surface area contributed by atoms with Crippen molar-refractivity contribution in [2.45, 2.75) is 0 Å². The Balaban J connectivity index is 1.75. The van der Waals surface area contributed by atoms with E-state index in [0.29, 0.717) is 91.6 Å². The van der Waals surface area contributed by atoms with Crippen molar-refractivity contribution in [2.75, 3.05) is 85.9 Å². The lowest BCUT2D eigenvalue weighted by Crippen LogP contribution is -2.14. The molecular formula is C21H31NO9. The van der Waals surface area contributed by atoms with Crippen LogP contribution in [0.4, 0.5) is 5.69 Å². The highest BCUT2D eigenvalue weighted by molar-refractivity contribution is 5.35. The predicted octanol–water partition coefficient (Wildman–Crippen LogP) is 1.71. The number of nitro benzene ring substituents is 1. The lowest BCUT2D eigenvalue weighted by atomic mass is 10.3. The number of nitrogens with zero attached hydrogens (tertiary/aromatic N) is 1. The fourth-order valence-corrected chi connectivity index (χ4v) is 2.11. The van der Waals surface area contributed by atoms with Crippen LogP contribution in [0.15, 0.2) is 24.3 Å². The molecule has 174 valence electrons. The molecule has 0 saturated carbocycles. The molecule has 0 N–H and O–H groups in total. The Kier molecular flexibility index (Phi) is 17.0. The summed E-state index contributed by atoms with van der Waals surface area (Å²) in [5.41, 5.74) is 0.0290. The largest absolute Gasteiger partial charge is 0.491 e. The fraction of sp³-hybridized carbons (Fsp3) is 0.619. The van der Waals surface area contributed by atoms with Crippen LogP contribution in [0, 0.1) is 22.5 Å². The summed E-state index contributed by atoms with van der Waals surface area (Å²) in [7, 11) is 0. The topological polar surface area (TPSA) is 108 Å². The number of hydrogen-bond donors (Lipinski definition) is 0. The zero-order valence-electron chi connectivity index (χ0n) is 17.7. The molecule has 0 aliphatic rings. The second-order valence-electron chi connectivity index (χ2n) is 5.92. The SMILES string of the molecule is C#CCOCCOCCOCCOCCOCCOCCOc1ccc([N+](=O)[O-])cc1. The molecule has 10 heteroatoms. The minimum Gasteiger partial charge on any atom is -0.491 e.